The monoisotopic (exact) mass is 244 g/mol. The minimum Gasteiger partial charge on any atom is -0.368 e. The van der Waals surface area contributed by atoms with Gasteiger partial charge in [-0.25, -0.2) is 0 Å². The Labute approximate surface area is 108 Å². The molecule has 1 aromatic heterocycles. The van der Waals surface area contributed by atoms with Crippen LogP contribution in [-0.4, -0.2) is 16.3 Å². The zero-order valence-corrected chi connectivity index (χ0v) is 10.8. The Hall–Kier alpha value is -1.81. The fourth-order valence-corrected chi connectivity index (χ4v) is 1.96. The number of rotatable bonds is 6. The van der Waals surface area contributed by atoms with E-state index in [-0.39, 0.29) is 0 Å². The van der Waals surface area contributed by atoms with Gasteiger partial charge in [-0.3, -0.25) is 4.68 Å². The van der Waals surface area contributed by atoms with Crippen LogP contribution in [-0.2, 0) is 19.5 Å². The lowest BCUT2D eigenvalue weighted by Gasteiger charge is -2.08. The molecule has 0 unspecified atom stereocenters. The summed E-state index contributed by atoms with van der Waals surface area (Å²) in [4.78, 5) is 0. The molecular weight excluding hydrogens is 224 g/mol. The molecule has 0 spiro atoms. The first-order valence-electron chi connectivity index (χ1n) is 6.37. The Morgan fingerprint density at radius 3 is 2.67 bits per heavy atom. The predicted molar refractivity (Wildman–Crippen MR) is 74.4 cm³/mol. The van der Waals surface area contributed by atoms with Crippen LogP contribution in [0.5, 0.6) is 0 Å². The topological polar surface area (TPSA) is 55.9 Å². The van der Waals surface area contributed by atoms with E-state index in [1.807, 2.05) is 23.0 Å². The van der Waals surface area contributed by atoms with E-state index in [9.17, 15) is 0 Å². The zero-order chi connectivity index (χ0) is 12.8. The van der Waals surface area contributed by atoms with Crippen molar-refractivity contribution in [3.63, 3.8) is 0 Å². The summed E-state index contributed by atoms with van der Waals surface area (Å²) in [5.74, 6) is 0.932. The molecule has 0 saturated carbocycles. The van der Waals surface area contributed by atoms with Gasteiger partial charge in [0.2, 0.25) is 0 Å². The molecule has 0 amide bonds. The van der Waals surface area contributed by atoms with Gasteiger partial charge in [-0.1, -0.05) is 24.3 Å². The van der Waals surface area contributed by atoms with E-state index in [0.717, 1.165) is 25.3 Å². The minimum atomic E-state index is 0.598. The molecule has 18 heavy (non-hydrogen) atoms. The van der Waals surface area contributed by atoms with Gasteiger partial charge in [-0.15, -0.1) is 0 Å². The molecule has 4 nitrogen and oxygen atoms in total. The Morgan fingerprint density at radius 1 is 1.22 bits per heavy atom. The van der Waals surface area contributed by atoms with E-state index in [1.165, 1.54) is 11.1 Å². The van der Waals surface area contributed by atoms with Crippen LogP contribution >= 0.6 is 0 Å². The largest absolute Gasteiger partial charge is 0.368 e. The Morgan fingerprint density at radius 2 is 2.00 bits per heavy atom. The van der Waals surface area contributed by atoms with Crippen molar-refractivity contribution in [2.45, 2.75) is 26.4 Å². The van der Waals surface area contributed by atoms with Crippen LogP contribution in [0.1, 0.15) is 18.1 Å². The molecule has 4 heteroatoms. The average Bonchev–Trinajstić information content (AvgIpc) is 2.87. The van der Waals surface area contributed by atoms with Crippen molar-refractivity contribution < 1.29 is 0 Å². The van der Waals surface area contributed by atoms with Crippen LogP contribution in [0.15, 0.2) is 36.5 Å². The number of nitrogens with one attached hydrogen (secondary N) is 1. The van der Waals surface area contributed by atoms with Gasteiger partial charge >= 0.3 is 0 Å². The summed E-state index contributed by atoms with van der Waals surface area (Å²) in [6, 6.07) is 10.3. The van der Waals surface area contributed by atoms with Gasteiger partial charge in [0.05, 0.1) is 0 Å². The molecule has 3 N–H and O–H groups in total. The van der Waals surface area contributed by atoms with Crippen LogP contribution < -0.4 is 11.1 Å². The number of nitrogens with zero attached hydrogens (tertiary/aromatic N) is 2. The predicted octanol–water partition coefficient (Wildman–Crippen LogP) is 2.02. The standard InChI is InChI=1S/C14H20N4/c1-2-18-10-8-14(17-18)16-9-7-12-5-3-4-6-13(12)11-15/h3-6,8,10H,2,7,9,11,15H2,1H3,(H,16,17). The van der Waals surface area contributed by atoms with Crippen LogP contribution in [0.4, 0.5) is 5.82 Å². The lowest BCUT2D eigenvalue weighted by Crippen LogP contribution is -2.09. The van der Waals surface area contributed by atoms with Gasteiger partial charge in [0.15, 0.2) is 0 Å². The summed E-state index contributed by atoms with van der Waals surface area (Å²) in [7, 11) is 0. The van der Waals surface area contributed by atoms with Crippen molar-refractivity contribution in [2.24, 2.45) is 5.73 Å². The van der Waals surface area contributed by atoms with Gasteiger partial charge in [-0.2, -0.15) is 5.10 Å². The fourth-order valence-electron chi connectivity index (χ4n) is 1.96. The molecule has 2 aromatic rings. The summed E-state index contributed by atoms with van der Waals surface area (Å²) in [6.07, 6.45) is 2.95. The van der Waals surface area contributed by atoms with E-state index in [1.54, 1.807) is 0 Å². The van der Waals surface area contributed by atoms with E-state index in [2.05, 4.69) is 35.5 Å². The van der Waals surface area contributed by atoms with Gasteiger partial charge in [-0.05, 0) is 24.5 Å². The molecular formula is C14H20N4. The van der Waals surface area contributed by atoms with Crippen LogP contribution in [0, 0.1) is 0 Å². The number of benzene rings is 1. The number of hydrogen-bond donors (Lipinski definition) is 2. The highest BCUT2D eigenvalue weighted by atomic mass is 15.3. The maximum atomic E-state index is 5.72. The number of nitrogens with two attached hydrogens (primary N) is 1. The third-order valence-electron chi connectivity index (χ3n) is 3.00. The highest BCUT2D eigenvalue weighted by molar-refractivity contribution is 5.33. The number of anilines is 1. The lowest BCUT2D eigenvalue weighted by atomic mass is 10.0. The Balaban J connectivity index is 1.88. The molecule has 2 rings (SSSR count). The third kappa shape index (κ3) is 3.11. The molecule has 0 saturated heterocycles. The minimum absolute atomic E-state index is 0.598. The van der Waals surface area contributed by atoms with Crippen LogP contribution in [0.25, 0.3) is 0 Å². The van der Waals surface area contributed by atoms with Crippen molar-refractivity contribution in [2.75, 3.05) is 11.9 Å². The summed E-state index contributed by atoms with van der Waals surface area (Å²) >= 11 is 0. The van der Waals surface area contributed by atoms with Gasteiger partial charge in [0.1, 0.15) is 5.82 Å². The summed E-state index contributed by atoms with van der Waals surface area (Å²) in [5, 5.41) is 7.71. The van der Waals surface area contributed by atoms with Crippen molar-refractivity contribution >= 4 is 5.82 Å². The molecule has 0 aliphatic rings. The van der Waals surface area contributed by atoms with E-state index < -0.39 is 0 Å². The maximum absolute atomic E-state index is 5.72. The Kier molecular flexibility index (Phi) is 4.36. The lowest BCUT2D eigenvalue weighted by molar-refractivity contribution is 0.661. The van der Waals surface area contributed by atoms with Crippen molar-refractivity contribution in [1.82, 2.24) is 9.78 Å². The zero-order valence-electron chi connectivity index (χ0n) is 10.8. The highest BCUT2D eigenvalue weighted by Crippen LogP contribution is 2.09. The molecule has 0 radical (unpaired) electrons. The summed E-state index contributed by atoms with van der Waals surface area (Å²) in [6.45, 7) is 4.45. The first kappa shape index (κ1) is 12.6. The first-order chi connectivity index (χ1) is 8.83. The quantitative estimate of drug-likeness (QED) is 0.817. The number of aromatic nitrogens is 2. The molecule has 96 valence electrons. The maximum Gasteiger partial charge on any atom is 0.147 e. The molecule has 0 bridgehead atoms. The van der Waals surface area contributed by atoms with E-state index in [4.69, 9.17) is 5.73 Å². The van der Waals surface area contributed by atoms with Crippen LogP contribution in [0.2, 0.25) is 0 Å². The molecule has 0 atom stereocenters. The van der Waals surface area contributed by atoms with Crippen molar-refractivity contribution in [3.05, 3.63) is 47.7 Å². The molecule has 0 aliphatic carbocycles. The molecule has 1 heterocycles. The number of aryl methyl sites for hydroxylation is 1. The molecule has 0 fully saturated rings. The smallest absolute Gasteiger partial charge is 0.147 e. The Bertz CT molecular complexity index is 490. The first-order valence-corrected chi connectivity index (χ1v) is 6.37. The van der Waals surface area contributed by atoms with Crippen molar-refractivity contribution in [3.8, 4) is 0 Å². The van der Waals surface area contributed by atoms with Crippen LogP contribution in [0.3, 0.4) is 0 Å². The fraction of sp³-hybridized carbons (Fsp3) is 0.357. The summed E-state index contributed by atoms with van der Waals surface area (Å²) in [5.41, 5.74) is 8.25. The third-order valence-corrected chi connectivity index (χ3v) is 3.00. The van der Waals surface area contributed by atoms with Gasteiger partial charge in [0.25, 0.3) is 0 Å². The second-order valence-corrected chi connectivity index (χ2v) is 4.21. The molecule has 0 aliphatic heterocycles. The highest BCUT2D eigenvalue weighted by Gasteiger charge is 2.01. The van der Waals surface area contributed by atoms with E-state index >= 15 is 0 Å². The normalized spacial score (nSPS) is 10.6. The van der Waals surface area contributed by atoms with Gasteiger partial charge in [0, 0.05) is 31.9 Å². The van der Waals surface area contributed by atoms with E-state index in [0.29, 0.717) is 6.54 Å². The second kappa shape index (κ2) is 6.21. The SMILES string of the molecule is CCn1ccc(NCCc2ccccc2CN)n1. The van der Waals surface area contributed by atoms with Crippen molar-refractivity contribution in [1.29, 1.82) is 0 Å². The summed E-state index contributed by atoms with van der Waals surface area (Å²) < 4.78 is 1.91. The van der Waals surface area contributed by atoms with Gasteiger partial charge < -0.3 is 11.1 Å². The number of hydrogen-bond acceptors (Lipinski definition) is 3. The average molecular weight is 244 g/mol. The molecule has 1 aromatic carbocycles. The second-order valence-electron chi connectivity index (χ2n) is 4.21.